The number of hydrogen-bond donors (Lipinski definition) is 0. The number of nitrogens with zero attached hydrogens (tertiary/aromatic N) is 5. The van der Waals surface area contributed by atoms with E-state index < -0.39 is 0 Å². The number of pyridine rings is 1. The molecule has 174 valence electrons. The Kier molecular flexibility index (Phi) is 7.02. The van der Waals surface area contributed by atoms with Gasteiger partial charge in [0.05, 0.1) is 24.3 Å². The third-order valence-electron chi connectivity index (χ3n) is 7.06. The van der Waals surface area contributed by atoms with Crippen molar-refractivity contribution in [2.45, 2.75) is 71.5 Å². The fourth-order valence-electron chi connectivity index (χ4n) is 5.09. The van der Waals surface area contributed by atoms with E-state index in [0.717, 1.165) is 106 Å². The second-order valence-electron chi connectivity index (χ2n) is 10.0. The standard InChI is InChI=1S/C25H37N5O2/c1-4-5-8-22-21-18-32-25(2,3)15-19(21)20(16-26)24(27-22)30-13-11-28(12-14-30)17-23(31)29-9-6-7-10-29/h4-15,17-18H2,1-3H3. The van der Waals surface area contributed by atoms with E-state index in [9.17, 15) is 10.1 Å². The summed E-state index contributed by atoms with van der Waals surface area (Å²) in [5, 5.41) is 10.1. The predicted octanol–water partition coefficient (Wildman–Crippen LogP) is 2.89. The summed E-state index contributed by atoms with van der Waals surface area (Å²) in [6, 6.07) is 2.49. The van der Waals surface area contributed by atoms with Crippen LogP contribution in [0.5, 0.6) is 0 Å². The van der Waals surface area contributed by atoms with E-state index in [1.165, 1.54) is 0 Å². The van der Waals surface area contributed by atoms with Gasteiger partial charge < -0.3 is 14.5 Å². The number of rotatable bonds is 6. The third kappa shape index (κ3) is 4.92. The molecule has 0 atom stereocenters. The number of piperazine rings is 1. The molecule has 0 radical (unpaired) electrons. The van der Waals surface area contributed by atoms with Crippen LogP contribution in [-0.4, -0.2) is 72.1 Å². The molecule has 0 bridgehead atoms. The molecule has 32 heavy (non-hydrogen) atoms. The minimum atomic E-state index is -0.270. The highest BCUT2D eigenvalue weighted by Crippen LogP contribution is 2.36. The molecular weight excluding hydrogens is 402 g/mol. The molecule has 7 nitrogen and oxygen atoms in total. The summed E-state index contributed by atoms with van der Waals surface area (Å²) < 4.78 is 6.08. The van der Waals surface area contributed by atoms with Gasteiger partial charge in [0.25, 0.3) is 0 Å². The molecule has 0 aromatic carbocycles. The first-order valence-corrected chi connectivity index (χ1v) is 12.3. The van der Waals surface area contributed by atoms with Crippen LogP contribution in [0.15, 0.2) is 0 Å². The van der Waals surface area contributed by atoms with Crippen LogP contribution in [0.1, 0.15) is 68.8 Å². The Bertz CT molecular complexity index is 877. The van der Waals surface area contributed by atoms with Crippen molar-refractivity contribution in [3.05, 3.63) is 22.4 Å². The topological polar surface area (TPSA) is 72.7 Å². The fraction of sp³-hybridized carbons (Fsp3) is 0.720. The van der Waals surface area contributed by atoms with Crippen LogP contribution < -0.4 is 4.90 Å². The number of carbonyl (C=O) groups is 1. The number of ether oxygens (including phenoxy) is 1. The Balaban J connectivity index is 1.53. The van der Waals surface area contributed by atoms with E-state index in [4.69, 9.17) is 9.72 Å². The van der Waals surface area contributed by atoms with Gasteiger partial charge in [0, 0.05) is 56.9 Å². The molecule has 1 aromatic rings. The first-order chi connectivity index (χ1) is 15.4. The summed E-state index contributed by atoms with van der Waals surface area (Å²) in [6.45, 7) is 12.5. The molecule has 2 saturated heterocycles. The Hall–Kier alpha value is -2.17. The average Bonchev–Trinajstić information content (AvgIpc) is 3.32. The van der Waals surface area contributed by atoms with Gasteiger partial charge >= 0.3 is 0 Å². The van der Waals surface area contributed by atoms with E-state index in [-0.39, 0.29) is 11.5 Å². The lowest BCUT2D eigenvalue weighted by Crippen LogP contribution is -2.50. The number of aromatic nitrogens is 1. The second kappa shape index (κ2) is 9.76. The van der Waals surface area contributed by atoms with Crippen molar-refractivity contribution in [1.82, 2.24) is 14.8 Å². The van der Waals surface area contributed by atoms with Crippen LogP contribution in [0.25, 0.3) is 0 Å². The Morgan fingerprint density at radius 2 is 1.84 bits per heavy atom. The number of nitriles is 1. The lowest BCUT2D eigenvalue weighted by molar-refractivity contribution is -0.131. The highest BCUT2D eigenvalue weighted by atomic mass is 16.5. The summed E-state index contributed by atoms with van der Waals surface area (Å²) >= 11 is 0. The maximum atomic E-state index is 12.5. The van der Waals surface area contributed by atoms with Crippen molar-refractivity contribution in [1.29, 1.82) is 5.26 Å². The van der Waals surface area contributed by atoms with Crippen LogP contribution in [0.3, 0.4) is 0 Å². The van der Waals surface area contributed by atoms with Crippen molar-refractivity contribution in [2.24, 2.45) is 0 Å². The normalized spacial score (nSPS) is 20.8. The second-order valence-corrected chi connectivity index (χ2v) is 10.0. The molecule has 1 amide bonds. The van der Waals surface area contributed by atoms with Crippen molar-refractivity contribution in [3.8, 4) is 6.07 Å². The van der Waals surface area contributed by atoms with E-state index >= 15 is 0 Å². The number of fused-ring (bicyclic) bond motifs is 1. The zero-order valence-electron chi connectivity index (χ0n) is 20.0. The van der Waals surface area contributed by atoms with Gasteiger partial charge in [-0.05, 0) is 45.1 Å². The molecule has 0 aliphatic carbocycles. The van der Waals surface area contributed by atoms with Crippen LogP contribution in [0.4, 0.5) is 5.82 Å². The summed E-state index contributed by atoms with van der Waals surface area (Å²) in [6.07, 6.45) is 6.11. The fourth-order valence-corrected chi connectivity index (χ4v) is 5.09. The molecule has 0 saturated carbocycles. The minimum Gasteiger partial charge on any atom is -0.370 e. The Labute approximate surface area is 192 Å². The number of carbonyl (C=O) groups excluding carboxylic acids is 1. The van der Waals surface area contributed by atoms with Gasteiger partial charge in [-0.15, -0.1) is 0 Å². The predicted molar refractivity (Wildman–Crippen MR) is 125 cm³/mol. The molecule has 1 aromatic heterocycles. The number of aryl methyl sites for hydroxylation is 1. The molecule has 0 spiro atoms. The first-order valence-electron chi connectivity index (χ1n) is 12.3. The summed E-state index contributed by atoms with van der Waals surface area (Å²) in [5.41, 5.74) is 3.81. The van der Waals surface area contributed by atoms with E-state index in [1.54, 1.807) is 0 Å². The molecule has 4 heterocycles. The number of likely N-dealkylation sites (tertiary alicyclic amines) is 1. The zero-order valence-corrected chi connectivity index (χ0v) is 20.0. The molecule has 3 aliphatic rings. The highest BCUT2D eigenvalue weighted by Gasteiger charge is 2.33. The zero-order chi connectivity index (χ0) is 22.7. The lowest BCUT2D eigenvalue weighted by atomic mass is 9.87. The Morgan fingerprint density at radius 3 is 2.50 bits per heavy atom. The van der Waals surface area contributed by atoms with Gasteiger partial charge in [0.2, 0.25) is 5.91 Å². The summed E-state index contributed by atoms with van der Waals surface area (Å²) in [4.78, 5) is 24.1. The summed E-state index contributed by atoms with van der Waals surface area (Å²) in [5.74, 6) is 1.09. The van der Waals surface area contributed by atoms with Crippen molar-refractivity contribution < 1.29 is 9.53 Å². The van der Waals surface area contributed by atoms with E-state index in [1.807, 2.05) is 4.90 Å². The van der Waals surface area contributed by atoms with Gasteiger partial charge in [0.15, 0.2) is 0 Å². The minimum absolute atomic E-state index is 0.254. The number of unbranched alkanes of at least 4 members (excludes halogenated alkanes) is 1. The summed E-state index contributed by atoms with van der Waals surface area (Å²) in [7, 11) is 0. The Morgan fingerprint density at radius 1 is 1.12 bits per heavy atom. The lowest BCUT2D eigenvalue weighted by Gasteiger charge is -2.38. The monoisotopic (exact) mass is 439 g/mol. The quantitative estimate of drug-likeness (QED) is 0.679. The SMILES string of the molecule is CCCCc1nc(N2CCN(CC(=O)N3CCCC3)CC2)c(C#N)c2c1COC(C)(C)C2. The molecule has 7 heteroatoms. The van der Waals surface area contributed by atoms with Crippen molar-refractivity contribution >= 4 is 11.7 Å². The van der Waals surface area contributed by atoms with Crippen molar-refractivity contribution in [2.75, 3.05) is 50.7 Å². The van der Waals surface area contributed by atoms with E-state index in [0.29, 0.717) is 13.2 Å². The first kappa shape index (κ1) is 23.0. The molecule has 4 rings (SSSR count). The van der Waals surface area contributed by atoms with Crippen molar-refractivity contribution in [3.63, 3.8) is 0 Å². The molecular formula is C25H37N5O2. The smallest absolute Gasteiger partial charge is 0.236 e. The molecule has 0 N–H and O–H groups in total. The molecule has 0 unspecified atom stereocenters. The average molecular weight is 440 g/mol. The third-order valence-corrected chi connectivity index (χ3v) is 7.06. The molecule has 3 aliphatic heterocycles. The number of hydrogen-bond acceptors (Lipinski definition) is 6. The maximum absolute atomic E-state index is 12.5. The number of amides is 1. The van der Waals surface area contributed by atoms with Crippen LogP contribution in [-0.2, 0) is 29.0 Å². The largest absolute Gasteiger partial charge is 0.370 e. The van der Waals surface area contributed by atoms with Gasteiger partial charge in [0.1, 0.15) is 11.9 Å². The number of anilines is 1. The maximum Gasteiger partial charge on any atom is 0.236 e. The van der Waals surface area contributed by atoms with Gasteiger partial charge in [-0.3, -0.25) is 9.69 Å². The van der Waals surface area contributed by atoms with Gasteiger partial charge in [-0.2, -0.15) is 5.26 Å². The molecule has 2 fully saturated rings. The van der Waals surface area contributed by atoms with Gasteiger partial charge in [-0.25, -0.2) is 4.98 Å². The van der Waals surface area contributed by atoms with Crippen LogP contribution >= 0.6 is 0 Å². The van der Waals surface area contributed by atoms with Crippen LogP contribution in [0, 0.1) is 11.3 Å². The van der Waals surface area contributed by atoms with Gasteiger partial charge in [-0.1, -0.05) is 13.3 Å². The van der Waals surface area contributed by atoms with Crippen LogP contribution in [0.2, 0.25) is 0 Å². The van der Waals surface area contributed by atoms with E-state index in [2.05, 4.69) is 36.6 Å². The highest BCUT2D eigenvalue weighted by molar-refractivity contribution is 5.78.